The quantitative estimate of drug-likeness (QED) is 0.473. The summed E-state index contributed by atoms with van der Waals surface area (Å²) >= 11 is 3.06. The minimum Gasteiger partial charge on any atom is -0.398 e. The van der Waals surface area contributed by atoms with Gasteiger partial charge in [-0.05, 0) is 22.0 Å². The van der Waals surface area contributed by atoms with Gasteiger partial charge in [0.15, 0.2) is 0 Å². The monoisotopic (exact) mass is 303 g/mol. The lowest BCUT2D eigenvalue weighted by molar-refractivity contribution is -0.383. The van der Waals surface area contributed by atoms with Crippen molar-refractivity contribution < 1.29 is 4.92 Å². The van der Waals surface area contributed by atoms with Crippen molar-refractivity contribution in [3.8, 4) is 0 Å². The van der Waals surface area contributed by atoms with Crippen molar-refractivity contribution in [1.82, 2.24) is 0 Å². The first-order valence-corrected chi connectivity index (χ1v) is 3.80. The second-order valence-corrected chi connectivity index (χ2v) is 3.04. The van der Waals surface area contributed by atoms with Crippen LogP contribution in [0.25, 0.3) is 0 Å². The molecule has 8 heteroatoms. The van der Waals surface area contributed by atoms with Crippen molar-refractivity contribution in [2.75, 3.05) is 11.5 Å². The Morgan fingerprint density at radius 2 is 1.71 bits per heavy atom. The second kappa shape index (κ2) is 5.90. The fourth-order valence-electron chi connectivity index (χ4n) is 0.755. The van der Waals surface area contributed by atoms with Crippen molar-refractivity contribution in [2.24, 2.45) is 0 Å². The van der Waals surface area contributed by atoms with Crippen molar-refractivity contribution in [2.45, 2.75) is 0 Å². The number of nitro groups is 1. The molecule has 5 nitrogen and oxygen atoms in total. The van der Waals surface area contributed by atoms with Gasteiger partial charge in [-0.1, -0.05) is 0 Å². The van der Waals surface area contributed by atoms with Crippen LogP contribution in [0.5, 0.6) is 0 Å². The summed E-state index contributed by atoms with van der Waals surface area (Å²) in [6.07, 6.45) is 0. The number of rotatable bonds is 1. The van der Waals surface area contributed by atoms with Crippen LogP contribution in [0, 0.1) is 10.1 Å². The van der Waals surface area contributed by atoms with Crippen LogP contribution >= 0.6 is 40.7 Å². The Bertz CT molecular complexity index is 348. The Hall–Kier alpha value is -0.720. The Morgan fingerprint density at radius 1 is 1.21 bits per heavy atom. The lowest BCUT2D eigenvalue weighted by Crippen LogP contribution is -1.97. The van der Waals surface area contributed by atoms with Gasteiger partial charge in [-0.3, -0.25) is 10.1 Å². The maximum absolute atomic E-state index is 10.3. The SMILES string of the molecule is Cl.Cl.Nc1cc(N)c([N+](=O)[O-])cc1Br. The Morgan fingerprint density at radius 3 is 2.14 bits per heavy atom. The van der Waals surface area contributed by atoms with Gasteiger partial charge < -0.3 is 11.5 Å². The molecular weight excluding hydrogens is 297 g/mol. The topological polar surface area (TPSA) is 95.2 Å². The van der Waals surface area contributed by atoms with E-state index in [9.17, 15) is 10.1 Å². The summed E-state index contributed by atoms with van der Waals surface area (Å²) in [6.45, 7) is 0. The highest BCUT2D eigenvalue weighted by Crippen LogP contribution is 2.30. The van der Waals surface area contributed by atoms with Gasteiger partial charge >= 0.3 is 0 Å². The van der Waals surface area contributed by atoms with Crippen molar-refractivity contribution in [3.63, 3.8) is 0 Å². The summed E-state index contributed by atoms with van der Waals surface area (Å²) in [7, 11) is 0. The van der Waals surface area contributed by atoms with Gasteiger partial charge in [0.2, 0.25) is 0 Å². The molecule has 0 heterocycles. The van der Waals surface area contributed by atoms with E-state index in [-0.39, 0.29) is 36.2 Å². The smallest absolute Gasteiger partial charge is 0.293 e. The Kier molecular flexibility index (Phi) is 6.63. The van der Waals surface area contributed by atoms with Crippen LogP contribution in [0.4, 0.5) is 17.1 Å². The average Bonchev–Trinajstić information content (AvgIpc) is 1.96. The third-order valence-electron chi connectivity index (χ3n) is 1.34. The molecule has 0 aliphatic heterocycles. The summed E-state index contributed by atoms with van der Waals surface area (Å²) in [5.41, 5.74) is 11.1. The van der Waals surface area contributed by atoms with Crippen LogP contribution in [0.2, 0.25) is 0 Å². The standard InChI is InChI=1S/C6H6BrN3O2.2ClH/c7-3-1-6(10(11)12)5(9)2-4(3)8;;/h1-2H,8-9H2;2*1H. The highest BCUT2D eigenvalue weighted by Gasteiger charge is 2.13. The van der Waals surface area contributed by atoms with Crippen LogP contribution in [0.1, 0.15) is 0 Å². The number of nitrogens with zero attached hydrogens (tertiary/aromatic N) is 1. The highest BCUT2D eigenvalue weighted by atomic mass is 79.9. The molecular formula is C6H8BrCl2N3O2. The van der Waals surface area contributed by atoms with E-state index in [1.807, 2.05) is 0 Å². The zero-order valence-corrected chi connectivity index (χ0v) is 9.99. The van der Waals surface area contributed by atoms with Crippen molar-refractivity contribution in [3.05, 3.63) is 26.7 Å². The van der Waals surface area contributed by atoms with E-state index in [0.29, 0.717) is 10.2 Å². The van der Waals surface area contributed by atoms with Crippen LogP contribution in [-0.2, 0) is 0 Å². The summed E-state index contributed by atoms with van der Waals surface area (Å²) in [6, 6.07) is 2.63. The van der Waals surface area contributed by atoms with Crippen LogP contribution in [-0.4, -0.2) is 4.92 Å². The summed E-state index contributed by atoms with van der Waals surface area (Å²) < 4.78 is 0.475. The van der Waals surface area contributed by atoms with Gasteiger partial charge in [0, 0.05) is 16.2 Å². The molecule has 0 amide bonds. The number of nitro benzene ring substituents is 1. The Labute approximate surface area is 101 Å². The van der Waals surface area contributed by atoms with Crippen molar-refractivity contribution >= 4 is 57.8 Å². The van der Waals surface area contributed by atoms with E-state index in [1.165, 1.54) is 12.1 Å². The minimum absolute atomic E-state index is 0. The third-order valence-corrected chi connectivity index (χ3v) is 2.03. The molecule has 0 radical (unpaired) electrons. The average molecular weight is 305 g/mol. The molecule has 14 heavy (non-hydrogen) atoms. The predicted octanol–water partition coefficient (Wildman–Crippen LogP) is 2.37. The van der Waals surface area contributed by atoms with E-state index in [4.69, 9.17) is 11.5 Å². The largest absolute Gasteiger partial charge is 0.398 e. The summed E-state index contributed by atoms with van der Waals surface area (Å²) in [4.78, 5) is 9.79. The molecule has 1 aromatic carbocycles. The number of anilines is 2. The summed E-state index contributed by atoms with van der Waals surface area (Å²) in [5, 5.41) is 10.3. The number of nitrogens with two attached hydrogens (primary N) is 2. The van der Waals surface area contributed by atoms with Gasteiger partial charge in [-0.15, -0.1) is 24.8 Å². The van der Waals surface area contributed by atoms with E-state index in [0.717, 1.165) is 0 Å². The van der Waals surface area contributed by atoms with E-state index < -0.39 is 4.92 Å². The number of halogens is 3. The maximum Gasteiger partial charge on any atom is 0.293 e. The summed E-state index contributed by atoms with van der Waals surface area (Å²) in [5.74, 6) is 0. The Balaban J connectivity index is 0. The van der Waals surface area contributed by atoms with Gasteiger partial charge in [-0.2, -0.15) is 0 Å². The number of benzene rings is 1. The minimum atomic E-state index is -0.556. The molecule has 80 valence electrons. The fourth-order valence-corrected chi connectivity index (χ4v) is 1.09. The molecule has 0 fully saturated rings. The first-order valence-electron chi connectivity index (χ1n) is 3.01. The van der Waals surface area contributed by atoms with E-state index in [1.54, 1.807) is 0 Å². The fraction of sp³-hybridized carbons (Fsp3) is 0. The zero-order valence-electron chi connectivity index (χ0n) is 6.77. The van der Waals surface area contributed by atoms with Crippen molar-refractivity contribution in [1.29, 1.82) is 0 Å². The number of hydrogen-bond acceptors (Lipinski definition) is 4. The van der Waals surface area contributed by atoms with Gasteiger partial charge in [-0.25, -0.2) is 0 Å². The normalized spacial score (nSPS) is 8.36. The molecule has 0 saturated heterocycles. The molecule has 0 aliphatic carbocycles. The lowest BCUT2D eigenvalue weighted by atomic mass is 10.2. The zero-order chi connectivity index (χ0) is 9.30. The van der Waals surface area contributed by atoms with Crippen LogP contribution in [0.3, 0.4) is 0 Å². The number of nitrogen functional groups attached to an aromatic ring is 2. The molecule has 0 aromatic heterocycles. The highest BCUT2D eigenvalue weighted by molar-refractivity contribution is 9.10. The molecule has 0 unspecified atom stereocenters. The second-order valence-electron chi connectivity index (χ2n) is 2.19. The third kappa shape index (κ3) is 3.21. The first kappa shape index (κ1) is 15.7. The molecule has 1 aromatic rings. The van der Waals surface area contributed by atoms with Crippen LogP contribution < -0.4 is 11.5 Å². The molecule has 1 rings (SSSR count). The lowest BCUT2D eigenvalue weighted by Gasteiger charge is -2.00. The van der Waals surface area contributed by atoms with Crippen LogP contribution in [0.15, 0.2) is 16.6 Å². The van der Waals surface area contributed by atoms with E-state index >= 15 is 0 Å². The van der Waals surface area contributed by atoms with Gasteiger partial charge in [0.25, 0.3) is 5.69 Å². The number of hydrogen-bond donors (Lipinski definition) is 2. The molecule has 0 aliphatic rings. The molecule has 0 spiro atoms. The van der Waals surface area contributed by atoms with E-state index in [2.05, 4.69) is 15.9 Å². The molecule has 0 bridgehead atoms. The maximum atomic E-state index is 10.3. The molecule has 4 N–H and O–H groups in total. The molecule has 0 atom stereocenters. The van der Waals surface area contributed by atoms with Gasteiger partial charge in [0.1, 0.15) is 5.69 Å². The molecule has 0 saturated carbocycles. The first-order chi connectivity index (χ1) is 5.52. The predicted molar refractivity (Wildman–Crippen MR) is 64.1 cm³/mol. The van der Waals surface area contributed by atoms with Gasteiger partial charge in [0.05, 0.1) is 4.92 Å².